The molecule has 0 aromatic carbocycles. The maximum atomic E-state index is 11.7. The number of hydrogen-bond acceptors (Lipinski definition) is 4. The lowest BCUT2D eigenvalue weighted by atomic mass is 10.2. The first kappa shape index (κ1) is 16.7. The fraction of sp³-hybridized carbons (Fsp3) is 0.500. The molecule has 0 saturated carbocycles. The molecule has 1 heterocycles. The van der Waals surface area contributed by atoms with Crippen molar-refractivity contribution in [1.82, 2.24) is 15.2 Å². The standard InChI is InChI=1S/C14H22N4O3/c1-11(13(19)20)10-18(2)14(21)17-9-5-8-16-12-6-3-4-7-15-12/h3-4,6-7,11H,5,8-10H2,1-2H3,(H,15,16)(H,17,21)(H,19,20). The van der Waals surface area contributed by atoms with Crippen LogP contribution in [0.5, 0.6) is 0 Å². The number of nitrogens with zero attached hydrogens (tertiary/aromatic N) is 2. The van der Waals surface area contributed by atoms with Gasteiger partial charge in [-0.2, -0.15) is 0 Å². The first-order valence-electron chi connectivity index (χ1n) is 6.87. The number of nitrogens with one attached hydrogen (secondary N) is 2. The zero-order valence-corrected chi connectivity index (χ0v) is 12.4. The number of rotatable bonds is 8. The van der Waals surface area contributed by atoms with Crippen LogP contribution in [0.2, 0.25) is 0 Å². The van der Waals surface area contributed by atoms with Gasteiger partial charge in [0.1, 0.15) is 5.82 Å². The Morgan fingerprint density at radius 1 is 1.38 bits per heavy atom. The van der Waals surface area contributed by atoms with Crippen LogP contribution in [0.1, 0.15) is 13.3 Å². The number of carbonyl (C=O) groups is 2. The minimum atomic E-state index is -0.908. The lowest BCUT2D eigenvalue weighted by Gasteiger charge is -2.20. The summed E-state index contributed by atoms with van der Waals surface area (Å²) in [6, 6.07) is 5.36. The highest BCUT2D eigenvalue weighted by molar-refractivity contribution is 5.75. The second-order valence-corrected chi connectivity index (χ2v) is 4.85. The van der Waals surface area contributed by atoms with Gasteiger partial charge in [0.2, 0.25) is 0 Å². The summed E-state index contributed by atoms with van der Waals surface area (Å²) in [6.45, 7) is 2.98. The summed E-state index contributed by atoms with van der Waals surface area (Å²) in [5, 5.41) is 14.7. The maximum Gasteiger partial charge on any atom is 0.317 e. The van der Waals surface area contributed by atoms with Gasteiger partial charge >= 0.3 is 12.0 Å². The molecule has 0 bridgehead atoms. The van der Waals surface area contributed by atoms with Crippen molar-refractivity contribution in [3.05, 3.63) is 24.4 Å². The highest BCUT2D eigenvalue weighted by atomic mass is 16.4. The summed E-state index contributed by atoms with van der Waals surface area (Å²) < 4.78 is 0. The van der Waals surface area contributed by atoms with Gasteiger partial charge in [-0.1, -0.05) is 13.0 Å². The molecule has 0 fully saturated rings. The molecule has 3 N–H and O–H groups in total. The average molecular weight is 294 g/mol. The third-order valence-electron chi connectivity index (χ3n) is 2.92. The minimum Gasteiger partial charge on any atom is -0.481 e. The van der Waals surface area contributed by atoms with Crippen LogP contribution in [0.15, 0.2) is 24.4 Å². The number of hydrogen-bond donors (Lipinski definition) is 3. The van der Waals surface area contributed by atoms with Crippen molar-refractivity contribution in [3.63, 3.8) is 0 Å². The molecule has 0 saturated heterocycles. The first-order chi connectivity index (χ1) is 10.0. The predicted octanol–water partition coefficient (Wildman–Crippen LogP) is 1.25. The van der Waals surface area contributed by atoms with Crippen molar-refractivity contribution in [2.24, 2.45) is 5.92 Å². The molecule has 116 valence electrons. The van der Waals surface area contributed by atoms with Gasteiger partial charge in [0.05, 0.1) is 5.92 Å². The van der Waals surface area contributed by atoms with E-state index in [1.807, 2.05) is 18.2 Å². The molecule has 7 heteroatoms. The van der Waals surface area contributed by atoms with Gasteiger partial charge in [0, 0.05) is 32.9 Å². The van der Waals surface area contributed by atoms with Crippen molar-refractivity contribution < 1.29 is 14.7 Å². The third-order valence-corrected chi connectivity index (χ3v) is 2.92. The molecule has 1 atom stereocenters. The molecule has 1 unspecified atom stereocenters. The molecular formula is C14H22N4O3. The zero-order chi connectivity index (χ0) is 15.7. The summed E-state index contributed by atoms with van der Waals surface area (Å²) in [5.74, 6) is -0.683. The Balaban J connectivity index is 2.14. The number of aliphatic carboxylic acids is 1. The number of amides is 2. The third kappa shape index (κ3) is 6.60. The van der Waals surface area contributed by atoms with Crippen molar-refractivity contribution in [3.8, 4) is 0 Å². The quantitative estimate of drug-likeness (QED) is 0.627. The highest BCUT2D eigenvalue weighted by Crippen LogP contribution is 2.00. The summed E-state index contributed by atoms with van der Waals surface area (Å²) in [4.78, 5) is 27.9. The van der Waals surface area contributed by atoms with Gasteiger partial charge in [-0.25, -0.2) is 9.78 Å². The van der Waals surface area contributed by atoms with Crippen molar-refractivity contribution in [2.75, 3.05) is 32.0 Å². The molecule has 0 radical (unpaired) electrons. The number of carbonyl (C=O) groups excluding carboxylic acids is 1. The first-order valence-corrected chi connectivity index (χ1v) is 6.87. The van der Waals surface area contributed by atoms with Crippen LogP contribution >= 0.6 is 0 Å². The minimum absolute atomic E-state index is 0.188. The van der Waals surface area contributed by atoms with Crippen LogP contribution in [-0.4, -0.2) is 53.7 Å². The molecular weight excluding hydrogens is 272 g/mol. The molecule has 0 spiro atoms. The summed E-state index contributed by atoms with van der Waals surface area (Å²) in [7, 11) is 1.58. The van der Waals surface area contributed by atoms with Gasteiger partial charge < -0.3 is 20.6 Å². The van der Waals surface area contributed by atoms with E-state index in [4.69, 9.17) is 5.11 Å². The van der Waals surface area contributed by atoms with Gasteiger partial charge in [-0.3, -0.25) is 4.79 Å². The normalized spacial score (nSPS) is 11.5. The SMILES string of the molecule is CC(CN(C)C(=O)NCCCNc1ccccn1)C(=O)O. The van der Waals surface area contributed by atoms with Crippen LogP contribution in [-0.2, 0) is 4.79 Å². The van der Waals surface area contributed by atoms with E-state index >= 15 is 0 Å². The maximum absolute atomic E-state index is 11.7. The number of anilines is 1. The largest absolute Gasteiger partial charge is 0.481 e. The number of carboxylic acid groups (broad SMARTS) is 1. The summed E-state index contributed by atoms with van der Waals surface area (Å²) in [6.07, 6.45) is 2.47. The zero-order valence-electron chi connectivity index (χ0n) is 12.4. The molecule has 7 nitrogen and oxygen atoms in total. The average Bonchev–Trinajstić information content (AvgIpc) is 2.47. The second-order valence-electron chi connectivity index (χ2n) is 4.85. The number of carboxylic acids is 1. The van der Waals surface area contributed by atoms with E-state index in [-0.39, 0.29) is 12.6 Å². The fourth-order valence-electron chi connectivity index (χ4n) is 1.67. The van der Waals surface area contributed by atoms with Gasteiger partial charge in [0.15, 0.2) is 0 Å². The molecule has 21 heavy (non-hydrogen) atoms. The van der Waals surface area contributed by atoms with Crippen LogP contribution in [0.25, 0.3) is 0 Å². The van der Waals surface area contributed by atoms with Crippen molar-refractivity contribution >= 4 is 17.8 Å². The smallest absolute Gasteiger partial charge is 0.317 e. The Hall–Kier alpha value is -2.31. The van der Waals surface area contributed by atoms with Crippen LogP contribution in [0.4, 0.5) is 10.6 Å². The van der Waals surface area contributed by atoms with E-state index in [1.165, 1.54) is 4.90 Å². The molecule has 1 rings (SSSR count). The summed E-state index contributed by atoms with van der Waals surface area (Å²) >= 11 is 0. The monoisotopic (exact) mass is 294 g/mol. The van der Waals surface area contributed by atoms with E-state index in [9.17, 15) is 9.59 Å². The Morgan fingerprint density at radius 2 is 2.14 bits per heavy atom. The lowest BCUT2D eigenvalue weighted by Crippen LogP contribution is -2.41. The van der Waals surface area contributed by atoms with Crippen LogP contribution in [0, 0.1) is 5.92 Å². The summed E-state index contributed by atoms with van der Waals surface area (Å²) in [5.41, 5.74) is 0. The highest BCUT2D eigenvalue weighted by Gasteiger charge is 2.16. The Labute approximate surface area is 124 Å². The molecule has 2 amide bonds. The predicted molar refractivity (Wildman–Crippen MR) is 80.2 cm³/mol. The van der Waals surface area contributed by atoms with Crippen LogP contribution < -0.4 is 10.6 Å². The topological polar surface area (TPSA) is 94.6 Å². The Morgan fingerprint density at radius 3 is 2.76 bits per heavy atom. The molecule has 0 aliphatic rings. The van der Waals surface area contributed by atoms with Crippen LogP contribution in [0.3, 0.4) is 0 Å². The molecule has 1 aromatic rings. The molecule has 1 aromatic heterocycles. The molecule has 0 aliphatic heterocycles. The Bertz CT molecular complexity index is 453. The number of pyridine rings is 1. The lowest BCUT2D eigenvalue weighted by molar-refractivity contribution is -0.141. The van der Waals surface area contributed by atoms with Crippen molar-refractivity contribution in [1.29, 1.82) is 0 Å². The van der Waals surface area contributed by atoms with Crippen molar-refractivity contribution in [2.45, 2.75) is 13.3 Å². The van der Waals surface area contributed by atoms with Gasteiger partial charge in [-0.15, -0.1) is 0 Å². The number of aromatic nitrogens is 1. The van der Waals surface area contributed by atoms with E-state index in [1.54, 1.807) is 20.2 Å². The number of urea groups is 1. The van der Waals surface area contributed by atoms with Gasteiger partial charge in [-0.05, 0) is 18.6 Å². The van der Waals surface area contributed by atoms with E-state index in [0.29, 0.717) is 13.1 Å². The van der Waals surface area contributed by atoms with Gasteiger partial charge in [0.25, 0.3) is 0 Å². The fourth-order valence-corrected chi connectivity index (χ4v) is 1.67. The van der Waals surface area contributed by atoms with E-state index < -0.39 is 11.9 Å². The second kappa shape index (κ2) is 8.78. The van der Waals surface area contributed by atoms with E-state index in [0.717, 1.165) is 12.2 Å². The molecule has 0 aliphatic carbocycles. The Kier molecular flexibility index (Phi) is 7.00. The van der Waals surface area contributed by atoms with E-state index in [2.05, 4.69) is 15.6 Å².